The smallest absolute Gasteiger partial charge is 0.338 e. The molecule has 5 nitrogen and oxygen atoms in total. The van der Waals surface area contributed by atoms with E-state index in [1.165, 1.54) is 0 Å². The Morgan fingerprint density at radius 3 is 2.47 bits per heavy atom. The normalized spacial score (nSPS) is 24.1. The molecule has 30 heavy (non-hydrogen) atoms. The van der Waals surface area contributed by atoms with Gasteiger partial charge >= 0.3 is 5.97 Å². The van der Waals surface area contributed by atoms with E-state index >= 15 is 0 Å². The van der Waals surface area contributed by atoms with Crippen molar-refractivity contribution in [1.29, 1.82) is 0 Å². The third-order valence-corrected chi connectivity index (χ3v) is 5.86. The molecule has 0 spiro atoms. The maximum Gasteiger partial charge on any atom is 0.338 e. The highest BCUT2D eigenvalue weighted by Gasteiger charge is 2.41. The average Bonchev–Trinajstić information content (AvgIpc) is 2.75. The fraction of sp³-hybridized carbons (Fsp3) is 0.320. The van der Waals surface area contributed by atoms with Crippen LogP contribution in [0.2, 0.25) is 0 Å². The molecule has 0 radical (unpaired) electrons. The summed E-state index contributed by atoms with van der Waals surface area (Å²) in [4.78, 5) is 14.7. The minimum atomic E-state index is -0.416. The van der Waals surface area contributed by atoms with Gasteiger partial charge in [-0.3, -0.25) is 0 Å². The van der Waals surface area contributed by atoms with Crippen molar-refractivity contribution in [1.82, 2.24) is 4.90 Å². The molecule has 1 saturated heterocycles. The van der Waals surface area contributed by atoms with E-state index in [4.69, 9.17) is 9.47 Å². The first-order chi connectivity index (χ1) is 14.5. The molecule has 5 heteroatoms. The SMILES string of the molecule is C[C@H]1OC(c2c(O)ccc3ccccc23)C[C@@H](N(C)C)[C@@H]1OC(=O)c1ccccc1. The number of nitrogens with zero attached hydrogens (tertiary/aromatic N) is 1. The summed E-state index contributed by atoms with van der Waals surface area (Å²) in [6, 6.07) is 20.6. The molecule has 3 aromatic rings. The lowest BCUT2D eigenvalue weighted by atomic mass is 9.88. The van der Waals surface area contributed by atoms with E-state index in [1.807, 2.05) is 69.6 Å². The molecule has 1 N–H and O–H groups in total. The number of phenols is 1. The Kier molecular flexibility index (Phi) is 5.75. The summed E-state index contributed by atoms with van der Waals surface area (Å²) in [5, 5.41) is 12.7. The van der Waals surface area contributed by atoms with Crippen molar-refractivity contribution in [2.75, 3.05) is 14.1 Å². The second kappa shape index (κ2) is 8.46. The summed E-state index contributed by atoms with van der Waals surface area (Å²) in [5.41, 5.74) is 1.32. The van der Waals surface area contributed by atoms with Crippen molar-refractivity contribution in [3.8, 4) is 5.75 Å². The van der Waals surface area contributed by atoms with Crippen LogP contribution in [0.5, 0.6) is 5.75 Å². The van der Waals surface area contributed by atoms with Gasteiger partial charge in [0.1, 0.15) is 11.9 Å². The molecule has 4 atom stereocenters. The van der Waals surface area contributed by atoms with E-state index in [0.29, 0.717) is 12.0 Å². The predicted molar refractivity (Wildman–Crippen MR) is 117 cm³/mol. The highest BCUT2D eigenvalue weighted by atomic mass is 16.6. The molecule has 4 rings (SSSR count). The van der Waals surface area contributed by atoms with E-state index in [0.717, 1.165) is 16.3 Å². The van der Waals surface area contributed by atoms with Gasteiger partial charge in [0, 0.05) is 5.56 Å². The fourth-order valence-corrected chi connectivity index (χ4v) is 4.31. The molecule has 1 aliphatic heterocycles. The first-order valence-electron chi connectivity index (χ1n) is 10.2. The number of carbonyl (C=O) groups is 1. The van der Waals surface area contributed by atoms with Crippen LogP contribution in [0.1, 0.15) is 35.4 Å². The minimum absolute atomic E-state index is 0.0511. The zero-order valence-corrected chi connectivity index (χ0v) is 17.5. The van der Waals surface area contributed by atoms with Crippen LogP contribution in [-0.2, 0) is 9.47 Å². The Hall–Kier alpha value is -2.89. The van der Waals surface area contributed by atoms with Gasteiger partial charge in [0.25, 0.3) is 0 Å². The lowest BCUT2D eigenvalue weighted by Crippen LogP contribution is -2.52. The average molecular weight is 405 g/mol. The van der Waals surface area contributed by atoms with Crippen molar-refractivity contribution in [2.45, 2.75) is 37.7 Å². The summed E-state index contributed by atoms with van der Waals surface area (Å²) >= 11 is 0. The number of phenolic OH excluding ortho intramolecular Hbond substituents is 1. The zero-order chi connectivity index (χ0) is 21.3. The van der Waals surface area contributed by atoms with Gasteiger partial charge < -0.3 is 19.5 Å². The van der Waals surface area contributed by atoms with Crippen molar-refractivity contribution >= 4 is 16.7 Å². The third-order valence-electron chi connectivity index (χ3n) is 5.86. The molecule has 1 fully saturated rings. The maximum absolute atomic E-state index is 12.7. The van der Waals surface area contributed by atoms with Gasteiger partial charge in [-0.2, -0.15) is 0 Å². The largest absolute Gasteiger partial charge is 0.508 e. The molecule has 0 saturated carbocycles. The Morgan fingerprint density at radius 2 is 1.73 bits per heavy atom. The molecule has 0 amide bonds. The Bertz CT molecular complexity index is 1030. The highest BCUT2D eigenvalue weighted by molar-refractivity contribution is 5.89. The molecular weight excluding hydrogens is 378 g/mol. The number of esters is 1. The number of ether oxygens (including phenoxy) is 2. The Labute approximate surface area is 176 Å². The first kappa shape index (κ1) is 20.4. The van der Waals surface area contributed by atoms with Crippen molar-refractivity contribution in [3.63, 3.8) is 0 Å². The van der Waals surface area contributed by atoms with Crippen molar-refractivity contribution < 1.29 is 19.4 Å². The molecule has 3 aromatic carbocycles. The zero-order valence-electron chi connectivity index (χ0n) is 17.5. The van der Waals surface area contributed by atoms with Gasteiger partial charge in [-0.25, -0.2) is 4.79 Å². The summed E-state index contributed by atoms with van der Waals surface area (Å²) in [6.07, 6.45) is -0.445. The molecule has 0 aromatic heterocycles. The molecule has 1 heterocycles. The van der Waals surface area contributed by atoms with Crippen molar-refractivity contribution in [2.24, 2.45) is 0 Å². The van der Waals surface area contributed by atoms with Gasteiger partial charge in [0.05, 0.1) is 23.8 Å². The summed E-state index contributed by atoms with van der Waals surface area (Å²) in [5.74, 6) is -0.127. The summed E-state index contributed by atoms with van der Waals surface area (Å²) < 4.78 is 12.2. The van der Waals surface area contributed by atoms with E-state index in [-0.39, 0.29) is 30.0 Å². The number of hydrogen-bond acceptors (Lipinski definition) is 5. The monoisotopic (exact) mass is 405 g/mol. The van der Waals surface area contributed by atoms with Crippen LogP contribution in [0.4, 0.5) is 0 Å². The third kappa shape index (κ3) is 3.91. The van der Waals surface area contributed by atoms with Gasteiger partial charge in [-0.1, -0.05) is 48.5 Å². The minimum Gasteiger partial charge on any atom is -0.508 e. The second-order valence-corrected chi connectivity index (χ2v) is 8.05. The predicted octanol–water partition coefficient (Wildman–Crippen LogP) is 4.55. The highest BCUT2D eigenvalue weighted by Crippen LogP contribution is 2.41. The number of benzene rings is 3. The number of aromatic hydroxyl groups is 1. The van der Waals surface area contributed by atoms with Crippen LogP contribution >= 0.6 is 0 Å². The fourth-order valence-electron chi connectivity index (χ4n) is 4.31. The van der Waals surface area contributed by atoms with Crippen LogP contribution in [0.15, 0.2) is 66.7 Å². The second-order valence-electron chi connectivity index (χ2n) is 8.05. The van der Waals surface area contributed by atoms with Crippen LogP contribution < -0.4 is 0 Å². The van der Waals surface area contributed by atoms with Crippen LogP contribution in [-0.4, -0.2) is 48.3 Å². The standard InChI is InChI=1S/C25H27NO4/c1-16-24(30-25(28)18-10-5-4-6-11-18)20(26(2)3)15-22(29-16)23-19-12-8-7-9-17(19)13-14-21(23)27/h4-14,16,20,22,24,27H,15H2,1-3H3/t16-,20-,22?,24-/m1/s1. The maximum atomic E-state index is 12.7. The van der Waals surface area contributed by atoms with E-state index in [1.54, 1.807) is 18.2 Å². The van der Waals surface area contributed by atoms with Gasteiger partial charge in [-0.05, 0) is 56.4 Å². The topological polar surface area (TPSA) is 59.0 Å². The number of fused-ring (bicyclic) bond motifs is 1. The van der Waals surface area contributed by atoms with Gasteiger partial charge in [0.15, 0.2) is 0 Å². The molecule has 156 valence electrons. The molecule has 0 bridgehead atoms. The Balaban J connectivity index is 1.63. The number of likely N-dealkylation sites (N-methyl/N-ethyl adjacent to an activating group) is 1. The molecule has 1 unspecified atom stereocenters. The van der Waals surface area contributed by atoms with Gasteiger partial charge in [0.2, 0.25) is 0 Å². The number of rotatable bonds is 4. The number of carbonyl (C=O) groups excluding carboxylic acids is 1. The van der Waals surface area contributed by atoms with Crippen LogP contribution in [0.25, 0.3) is 10.8 Å². The van der Waals surface area contributed by atoms with Crippen LogP contribution in [0, 0.1) is 0 Å². The number of hydrogen-bond donors (Lipinski definition) is 1. The quantitative estimate of drug-likeness (QED) is 0.645. The van der Waals surface area contributed by atoms with Crippen LogP contribution in [0.3, 0.4) is 0 Å². The van der Waals surface area contributed by atoms with E-state index in [9.17, 15) is 9.90 Å². The first-order valence-corrected chi connectivity index (χ1v) is 10.2. The van der Waals surface area contributed by atoms with Crippen molar-refractivity contribution in [3.05, 3.63) is 77.9 Å². The molecule has 1 aliphatic rings. The Morgan fingerprint density at radius 1 is 1.03 bits per heavy atom. The molecule has 0 aliphatic carbocycles. The molecular formula is C25H27NO4. The summed E-state index contributed by atoms with van der Waals surface area (Å²) in [7, 11) is 3.96. The van der Waals surface area contributed by atoms with E-state index < -0.39 is 6.10 Å². The van der Waals surface area contributed by atoms with Gasteiger partial charge in [-0.15, -0.1) is 0 Å². The lowest BCUT2D eigenvalue weighted by Gasteiger charge is -2.43. The lowest BCUT2D eigenvalue weighted by molar-refractivity contribution is -0.145. The summed E-state index contributed by atoms with van der Waals surface area (Å²) in [6.45, 7) is 1.92. The van der Waals surface area contributed by atoms with E-state index in [2.05, 4.69) is 4.90 Å².